The van der Waals surface area contributed by atoms with Gasteiger partial charge >= 0.3 is 0 Å². The van der Waals surface area contributed by atoms with Gasteiger partial charge in [0.2, 0.25) is 0 Å². The smallest absolute Gasteiger partial charge is 0.268 e. The number of H-pyrrole nitrogens is 1. The molecule has 1 saturated heterocycles. The molecule has 0 spiro atoms. The Morgan fingerprint density at radius 2 is 2.14 bits per heavy atom. The second-order valence-electron chi connectivity index (χ2n) is 5.79. The highest BCUT2D eigenvalue weighted by Gasteiger charge is 2.23. The molecule has 1 atom stereocenters. The van der Waals surface area contributed by atoms with Gasteiger partial charge in [-0.3, -0.25) is 9.59 Å². The maximum Gasteiger partial charge on any atom is 0.268 e. The molecular weight excluding hydrogens is 266 g/mol. The molecule has 0 saturated carbocycles. The molecule has 0 aromatic carbocycles. The lowest BCUT2D eigenvalue weighted by atomic mass is 10.0. The summed E-state index contributed by atoms with van der Waals surface area (Å²) < 4.78 is 0. The van der Waals surface area contributed by atoms with Crippen molar-refractivity contribution in [2.75, 3.05) is 13.1 Å². The maximum atomic E-state index is 12.4. The number of carbonyl (C=O) groups is 2. The van der Waals surface area contributed by atoms with Crippen molar-refractivity contribution >= 4 is 11.7 Å². The summed E-state index contributed by atoms with van der Waals surface area (Å²) in [6.45, 7) is 7.12. The van der Waals surface area contributed by atoms with E-state index in [9.17, 15) is 9.59 Å². The molecule has 3 N–H and O–H groups in total. The lowest BCUT2D eigenvalue weighted by molar-refractivity contribution is 0.0944. The molecule has 1 unspecified atom stereocenters. The Morgan fingerprint density at radius 1 is 1.38 bits per heavy atom. The molecule has 1 amide bonds. The maximum absolute atomic E-state index is 12.4. The first kappa shape index (κ1) is 15.8. The van der Waals surface area contributed by atoms with Crippen LogP contribution >= 0.6 is 0 Å². The molecule has 2 rings (SSSR count). The monoisotopic (exact) mass is 291 g/mol. The number of hydrogen-bond acceptors (Lipinski definition) is 3. The zero-order valence-electron chi connectivity index (χ0n) is 13.1. The first-order valence-corrected chi connectivity index (χ1v) is 7.78. The van der Waals surface area contributed by atoms with Crippen LogP contribution < -0.4 is 10.6 Å². The summed E-state index contributed by atoms with van der Waals surface area (Å²) in [7, 11) is 0. The number of aryl methyl sites for hydroxylation is 1. The predicted molar refractivity (Wildman–Crippen MR) is 82.9 cm³/mol. The van der Waals surface area contributed by atoms with Gasteiger partial charge in [-0.2, -0.15) is 0 Å². The van der Waals surface area contributed by atoms with Crippen LogP contribution in [-0.4, -0.2) is 35.8 Å². The largest absolute Gasteiger partial charge is 0.354 e. The van der Waals surface area contributed by atoms with Gasteiger partial charge in [0.1, 0.15) is 5.69 Å². The van der Waals surface area contributed by atoms with Crippen LogP contribution in [0.4, 0.5) is 0 Å². The minimum atomic E-state index is -0.109. The van der Waals surface area contributed by atoms with Crippen molar-refractivity contribution in [3.63, 3.8) is 0 Å². The van der Waals surface area contributed by atoms with Gasteiger partial charge < -0.3 is 15.6 Å². The van der Waals surface area contributed by atoms with Gasteiger partial charge in [0, 0.05) is 23.8 Å². The average molecular weight is 291 g/mol. The third kappa shape index (κ3) is 3.53. The Bertz CT molecular complexity index is 528. The molecule has 21 heavy (non-hydrogen) atoms. The molecule has 1 aliphatic rings. The Labute approximate surface area is 125 Å². The van der Waals surface area contributed by atoms with E-state index in [4.69, 9.17) is 0 Å². The molecule has 5 nitrogen and oxygen atoms in total. The third-order valence-electron chi connectivity index (χ3n) is 4.04. The number of rotatable bonds is 6. The number of carbonyl (C=O) groups excluding carboxylic acids is 2. The summed E-state index contributed by atoms with van der Waals surface area (Å²) >= 11 is 0. The SMILES string of the molecule is CCCc1c(C(=O)NCC2CCCN2)[nH]c(C)c1C(C)=O. The van der Waals surface area contributed by atoms with Gasteiger partial charge in [-0.25, -0.2) is 0 Å². The predicted octanol–water partition coefficient (Wildman–Crippen LogP) is 1.96. The molecule has 1 aromatic rings. The average Bonchev–Trinajstić information content (AvgIpc) is 3.04. The van der Waals surface area contributed by atoms with Crippen molar-refractivity contribution < 1.29 is 9.59 Å². The topological polar surface area (TPSA) is 74.0 Å². The van der Waals surface area contributed by atoms with E-state index in [1.165, 1.54) is 0 Å². The van der Waals surface area contributed by atoms with Crippen LogP contribution in [-0.2, 0) is 6.42 Å². The fraction of sp³-hybridized carbons (Fsp3) is 0.625. The van der Waals surface area contributed by atoms with Crippen molar-refractivity contribution in [1.82, 2.24) is 15.6 Å². The molecule has 1 aliphatic heterocycles. The van der Waals surface area contributed by atoms with Gasteiger partial charge in [0.15, 0.2) is 5.78 Å². The Balaban J connectivity index is 2.15. The van der Waals surface area contributed by atoms with Crippen molar-refractivity contribution in [2.24, 2.45) is 0 Å². The van der Waals surface area contributed by atoms with Crippen LogP contribution in [0.2, 0.25) is 0 Å². The lowest BCUT2D eigenvalue weighted by Gasteiger charge is -2.12. The number of hydrogen-bond donors (Lipinski definition) is 3. The van der Waals surface area contributed by atoms with Gasteiger partial charge in [0.05, 0.1) is 0 Å². The van der Waals surface area contributed by atoms with Gasteiger partial charge in [-0.05, 0) is 45.2 Å². The number of Topliss-reactive ketones (excluding diaryl/α,β-unsaturated/α-hetero) is 1. The van der Waals surface area contributed by atoms with Crippen LogP contribution in [0.1, 0.15) is 65.2 Å². The first-order valence-electron chi connectivity index (χ1n) is 7.78. The molecular formula is C16H25N3O2. The van der Waals surface area contributed by atoms with E-state index in [0.29, 0.717) is 23.8 Å². The molecule has 2 heterocycles. The third-order valence-corrected chi connectivity index (χ3v) is 4.04. The fourth-order valence-corrected chi connectivity index (χ4v) is 3.08. The Hall–Kier alpha value is -1.62. The summed E-state index contributed by atoms with van der Waals surface area (Å²) in [4.78, 5) is 27.3. The van der Waals surface area contributed by atoms with Crippen molar-refractivity contribution in [3.8, 4) is 0 Å². The Morgan fingerprint density at radius 3 is 2.71 bits per heavy atom. The second kappa shape index (κ2) is 6.89. The van der Waals surface area contributed by atoms with Crippen LogP contribution in [0.3, 0.4) is 0 Å². The number of aromatic nitrogens is 1. The van der Waals surface area contributed by atoms with Crippen LogP contribution in [0.25, 0.3) is 0 Å². The molecule has 1 fully saturated rings. The van der Waals surface area contributed by atoms with Crippen LogP contribution in [0.5, 0.6) is 0 Å². The normalized spacial score (nSPS) is 18.0. The summed E-state index contributed by atoms with van der Waals surface area (Å²) in [6.07, 6.45) is 3.91. The van der Waals surface area contributed by atoms with E-state index < -0.39 is 0 Å². The summed E-state index contributed by atoms with van der Waals surface area (Å²) in [5.74, 6) is -0.0912. The standard InChI is InChI=1S/C16H25N3O2/c1-4-6-13-14(11(3)20)10(2)19-15(13)16(21)18-9-12-7-5-8-17-12/h12,17,19H,4-9H2,1-3H3,(H,18,21). The van der Waals surface area contributed by atoms with Gasteiger partial charge in [-0.1, -0.05) is 13.3 Å². The number of ketones is 1. The van der Waals surface area contributed by atoms with Gasteiger partial charge in [0.25, 0.3) is 5.91 Å². The summed E-state index contributed by atoms with van der Waals surface area (Å²) in [5, 5.41) is 6.33. The lowest BCUT2D eigenvalue weighted by Crippen LogP contribution is -2.37. The highest BCUT2D eigenvalue weighted by molar-refractivity contribution is 6.02. The second-order valence-corrected chi connectivity index (χ2v) is 5.79. The minimum Gasteiger partial charge on any atom is -0.354 e. The fourth-order valence-electron chi connectivity index (χ4n) is 3.08. The highest BCUT2D eigenvalue weighted by Crippen LogP contribution is 2.21. The number of aromatic amines is 1. The number of nitrogens with one attached hydrogen (secondary N) is 3. The zero-order valence-corrected chi connectivity index (χ0v) is 13.1. The van der Waals surface area contributed by atoms with E-state index in [1.807, 2.05) is 6.92 Å². The minimum absolute atomic E-state index is 0.0173. The van der Waals surface area contributed by atoms with Crippen molar-refractivity contribution in [3.05, 3.63) is 22.5 Å². The molecule has 0 bridgehead atoms. The van der Waals surface area contributed by atoms with E-state index in [2.05, 4.69) is 22.5 Å². The first-order chi connectivity index (χ1) is 10.0. The molecule has 5 heteroatoms. The van der Waals surface area contributed by atoms with Crippen LogP contribution in [0.15, 0.2) is 0 Å². The van der Waals surface area contributed by atoms with E-state index in [-0.39, 0.29) is 11.7 Å². The van der Waals surface area contributed by atoms with E-state index in [1.54, 1.807) is 6.92 Å². The van der Waals surface area contributed by atoms with Crippen LogP contribution in [0, 0.1) is 6.92 Å². The van der Waals surface area contributed by atoms with Crippen molar-refractivity contribution in [2.45, 2.75) is 52.5 Å². The van der Waals surface area contributed by atoms with E-state index in [0.717, 1.165) is 43.5 Å². The molecule has 1 aromatic heterocycles. The summed E-state index contributed by atoms with van der Waals surface area (Å²) in [5.41, 5.74) is 2.88. The quantitative estimate of drug-likeness (QED) is 0.701. The van der Waals surface area contributed by atoms with E-state index >= 15 is 0 Å². The Kier molecular flexibility index (Phi) is 5.17. The highest BCUT2D eigenvalue weighted by atomic mass is 16.2. The zero-order chi connectivity index (χ0) is 15.4. The number of amides is 1. The molecule has 0 aliphatic carbocycles. The van der Waals surface area contributed by atoms with Crippen molar-refractivity contribution in [1.29, 1.82) is 0 Å². The molecule has 0 radical (unpaired) electrons. The molecule has 116 valence electrons. The summed E-state index contributed by atoms with van der Waals surface area (Å²) in [6, 6.07) is 0.368. The van der Waals surface area contributed by atoms with Gasteiger partial charge in [-0.15, -0.1) is 0 Å².